The Hall–Kier alpha value is -1.63. The largest absolute Gasteiger partial charge is 0.466 e. The molecule has 0 rings (SSSR count). The lowest BCUT2D eigenvalue weighted by atomic mass is 10.2. The third kappa shape index (κ3) is 7.40. The van der Waals surface area contributed by atoms with Gasteiger partial charge in [0.05, 0.1) is 13.0 Å². The molecule has 0 spiro atoms. The molecular formula is C11H16ClNO6. The van der Waals surface area contributed by atoms with Gasteiger partial charge in [-0.2, -0.15) is 0 Å². The van der Waals surface area contributed by atoms with Crippen LogP contribution in [0.2, 0.25) is 0 Å². The zero-order valence-electron chi connectivity index (χ0n) is 11.2. The molecule has 7 nitrogen and oxygen atoms in total. The molecule has 19 heavy (non-hydrogen) atoms. The number of rotatable bonds is 6. The third-order valence-electron chi connectivity index (χ3n) is 1.54. The summed E-state index contributed by atoms with van der Waals surface area (Å²) in [4.78, 5) is 38.4. The predicted molar refractivity (Wildman–Crippen MR) is 67.0 cm³/mol. The second-order valence-electron chi connectivity index (χ2n) is 4.35. The molecule has 0 aromatic carbocycles. The third-order valence-corrected chi connectivity index (χ3v) is 1.79. The van der Waals surface area contributed by atoms with Gasteiger partial charge in [0.15, 0.2) is 0 Å². The van der Waals surface area contributed by atoms with E-state index in [9.17, 15) is 14.4 Å². The Bertz CT molecular complexity index is 385. The monoisotopic (exact) mass is 293 g/mol. The fourth-order valence-electron chi connectivity index (χ4n) is 0.800. The molecule has 108 valence electrons. The van der Waals surface area contributed by atoms with E-state index in [-0.39, 0.29) is 0 Å². The van der Waals surface area contributed by atoms with Gasteiger partial charge < -0.3 is 14.3 Å². The highest BCUT2D eigenvalue weighted by atomic mass is 35.5. The first-order valence-corrected chi connectivity index (χ1v) is 5.84. The highest BCUT2D eigenvalue weighted by Crippen LogP contribution is 2.08. The van der Waals surface area contributed by atoms with Crippen molar-refractivity contribution >= 4 is 35.0 Å². The van der Waals surface area contributed by atoms with Gasteiger partial charge in [-0.05, 0) is 20.8 Å². The van der Waals surface area contributed by atoms with Crippen LogP contribution < -0.4 is 0 Å². The molecule has 0 aliphatic rings. The van der Waals surface area contributed by atoms with E-state index in [4.69, 9.17) is 16.3 Å². The molecule has 0 aromatic rings. The van der Waals surface area contributed by atoms with Crippen LogP contribution in [0.1, 0.15) is 20.8 Å². The molecule has 0 amide bonds. The summed E-state index contributed by atoms with van der Waals surface area (Å²) in [5, 5.41) is 3.27. The Morgan fingerprint density at radius 3 is 2.21 bits per heavy atom. The maximum absolute atomic E-state index is 11.7. The zero-order chi connectivity index (χ0) is 15.1. The van der Waals surface area contributed by atoms with Crippen LogP contribution in [0.4, 0.5) is 0 Å². The van der Waals surface area contributed by atoms with Crippen molar-refractivity contribution in [1.82, 2.24) is 0 Å². The van der Waals surface area contributed by atoms with Crippen LogP contribution in [0.5, 0.6) is 0 Å². The zero-order valence-corrected chi connectivity index (χ0v) is 11.9. The maximum Gasteiger partial charge on any atom is 0.364 e. The van der Waals surface area contributed by atoms with Gasteiger partial charge in [-0.15, -0.1) is 11.6 Å². The van der Waals surface area contributed by atoms with E-state index in [2.05, 4.69) is 14.7 Å². The van der Waals surface area contributed by atoms with Gasteiger partial charge in [-0.1, -0.05) is 5.16 Å². The number of methoxy groups -OCH3 is 1. The smallest absolute Gasteiger partial charge is 0.364 e. The van der Waals surface area contributed by atoms with Crippen LogP contribution in [-0.2, 0) is 28.7 Å². The number of Topliss-reactive ketones (excluding diaryl/α,β-unsaturated/α-hetero) is 1. The summed E-state index contributed by atoms with van der Waals surface area (Å²) in [5.41, 5.74) is -1.40. The van der Waals surface area contributed by atoms with E-state index >= 15 is 0 Å². The van der Waals surface area contributed by atoms with Crippen LogP contribution in [0, 0.1) is 0 Å². The normalized spacial score (nSPS) is 11.7. The number of esters is 2. The van der Waals surface area contributed by atoms with Gasteiger partial charge in [0.2, 0.25) is 18.1 Å². The number of hydrogen-bond acceptors (Lipinski definition) is 7. The van der Waals surface area contributed by atoms with E-state index in [1.807, 2.05) is 0 Å². The first-order valence-electron chi connectivity index (χ1n) is 5.30. The standard InChI is InChI=1S/C11H16ClNO6/c1-11(2,3)19-10(16)9(7(14)5-12)13-18-6-8(15)17-4/h5-6H2,1-4H3. The van der Waals surface area contributed by atoms with E-state index in [1.54, 1.807) is 20.8 Å². The number of nitrogens with zero attached hydrogens (tertiary/aromatic N) is 1. The molecule has 0 unspecified atom stereocenters. The van der Waals surface area contributed by atoms with Crippen molar-refractivity contribution in [2.45, 2.75) is 26.4 Å². The van der Waals surface area contributed by atoms with Crippen molar-refractivity contribution in [2.75, 3.05) is 19.6 Å². The Kier molecular flexibility index (Phi) is 7.06. The number of oxime groups is 1. The van der Waals surface area contributed by atoms with Crippen molar-refractivity contribution in [2.24, 2.45) is 5.16 Å². The van der Waals surface area contributed by atoms with Crippen molar-refractivity contribution in [3.8, 4) is 0 Å². The predicted octanol–water partition coefficient (Wildman–Crippen LogP) is 0.682. The van der Waals surface area contributed by atoms with E-state index in [0.29, 0.717) is 0 Å². The Morgan fingerprint density at radius 1 is 1.21 bits per heavy atom. The summed E-state index contributed by atoms with van der Waals surface area (Å²) in [5.74, 6) is -2.89. The molecule has 8 heteroatoms. The average molecular weight is 294 g/mol. The topological polar surface area (TPSA) is 91.3 Å². The molecule has 0 atom stereocenters. The van der Waals surface area contributed by atoms with Crippen LogP contribution in [0.15, 0.2) is 5.16 Å². The van der Waals surface area contributed by atoms with Crippen LogP contribution in [0.3, 0.4) is 0 Å². The quantitative estimate of drug-likeness (QED) is 0.235. The molecule has 0 heterocycles. The number of halogens is 1. The first kappa shape index (κ1) is 17.4. The summed E-state index contributed by atoms with van der Waals surface area (Å²) < 4.78 is 9.26. The number of carbonyl (C=O) groups excluding carboxylic acids is 3. The summed E-state index contributed by atoms with van der Waals surface area (Å²) in [6.07, 6.45) is 0. The fourth-order valence-corrected chi connectivity index (χ4v) is 0.927. The van der Waals surface area contributed by atoms with Gasteiger partial charge in [-0.25, -0.2) is 9.59 Å². The number of carbonyl (C=O) groups is 3. The minimum absolute atomic E-state index is 0.459. The molecule has 0 saturated heterocycles. The maximum atomic E-state index is 11.7. The molecule has 0 N–H and O–H groups in total. The first-order chi connectivity index (χ1) is 8.71. The van der Waals surface area contributed by atoms with Gasteiger partial charge >= 0.3 is 11.9 Å². The molecule has 0 saturated carbocycles. The Labute approximate surface area is 115 Å². The van der Waals surface area contributed by atoms with E-state index in [1.165, 1.54) is 0 Å². The number of ether oxygens (including phenoxy) is 2. The summed E-state index contributed by atoms with van der Waals surface area (Å²) >= 11 is 5.35. The number of alkyl halides is 1. The Balaban J connectivity index is 4.81. The van der Waals surface area contributed by atoms with Crippen molar-refractivity contribution in [1.29, 1.82) is 0 Å². The van der Waals surface area contributed by atoms with Crippen LogP contribution in [0.25, 0.3) is 0 Å². The van der Waals surface area contributed by atoms with Crippen LogP contribution in [-0.4, -0.2) is 48.6 Å². The molecule has 0 aromatic heterocycles. The van der Waals surface area contributed by atoms with E-state index in [0.717, 1.165) is 7.11 Å². The summed E-state index contributed by atoms with van der Waals surface area (Å²) in [6.45, 7) is 4.35. The second kappa shape index (κ2) is 7.73. The SMILES string of the molecule is COC(=O)CON=C(C(=O)CCl)C(=O)OC(C)(C)C. The van der Waals surface area contributed by atoms with Crippen molar-refractivity contribution < 1.29 is 28.7 Å². The van der Waals surface area contributed by atoms with Crippen molar-refractivity contribution in [3.05, 3.63) is 0 Å². The molecular weight excluding hydrogens is 278 g/mol. The molecule has 0 aliphatic carbocycles. The lowest BCUT2D eigenvalue weighted by Crippen LogP contribution is -2.34. The Morgan fingerprint density at radius 2 is 1.79 bits per heavy atom. The van der Waals surface area contributed by atoms with Gasteiger partial charge in [0, 0.05) is 0 Å². The second-order valence-corrected chi connectivity index (χ2v) is 4.62. The molecule has 0 bridgehead atoms. The van der Waals surface area contributed by atoms with Crippen LogP contribution >= 0.6 is 11.6 Å². The fraction of sp³-hybridized carbons (Fsp3) is 0.636. The summed E-state index contributed by atoms with van der Waals surface area (Å²) in [7, 11) is 1.16. The summed E-state index contributed by atoms with van der Waals surface area (Å²) in [6, 6.07) is 0. The van der Waals surface area contributed by atoms with Gasteiger partial charge in [0.25, 0.3) is 0 Å². The number of ketones is 1. The van der Waals surface area contributed by atoms with E-state index < -0.39 is 41.5 Å². The lowest BCUT2D eigenvalue weighted by Gasteiger charge is -2.19. The average Bonchev–Trinajstić information content (AvgIpc) is 2.30. The highest BCUT2D eigenvalue weighted by molar-refractivity contribution is 6.67. The van der Waals surface area contributed by atoms with Crippen molar-refractivity contribution in [3.63, 3.8) is 0 Å². The molecule has 0 fully saturated rings. The highest BCUT2D eigenvalue weighted by Gasteiger charge is 2.27. The minimum atomic E-state index is -0.969. The minimum Gasteiger partial charge on any atom is -0.466 e. The van der Waals surface area contributed by atoms with Gasteiger partial charge in [-0.3, -0.25) is 4.79 Å². The van der Waals surface area contributed by atoms with Gasteiger partial charge in [0.1, 0.15) is 5.60 Å². The molecule has 0 radical (unpaired) electrons. The lowest BCUT2D eigenvalue weighted by molar-refractivity contribution is -0.149. The molecule has 0 aliphatic heterocycles. The number of hydrogen-bond donors (Lipinski definition) is 0.